The molecule has 4 heteroatoms. The molecule has 4 nitrogen and oxygen atoms in total. The van der Waals surface area contributed by atoms with E-state index in [-0.39, 0.29) is 17.2 Å². The zero-order chi connectivity index (χ0) is 14.6. The van der Waals surface area contributed by atoms with Crippen molar-refractivity contribution in [3.63, 3.8) is 0 Å². The molecule has 20 heavy (non-hydrogen) atoms. The summed E-state index contributed by atoms with van der Waals surface area (Å²) in [5, 5.41) is 4.22. The second-order valence-corrected chi connectivity index (χ2v) is 7.10. The van der Waals surface area contributed by atoms with Crippen LogP contribution in [-0.2, 0) is 4.79 Å². The van der Waals surface area contributed by atoms with Gasteiger partial charge in [0, 0.05) is 5.41 Å². The van der Waals surface area contributed by atoms with Crippen molar-refractivity contribution in [2.45, 2.75) is 71.8 Å². The Hall–Kier alpha value is -1.19. The average Bonchev–Trinajstić information content (AvgIpc) is 2.79. The van der Waals surface area contributed by atoms with Crippen LogP contribution in [0.3, 0.4) is 0 Å². The average molecular weight is 277 g/mol. The first-order chi connectivity index (χ1) is 9.48. The van der Waals surface area contributed by atoms with Gasteiger partial charge in [0.1, 0.15) is 18.7 Å². The molecule has 0 aliphatic heterocycles. The lowest BCUT2D eigenvalue weighted by atomic mass is 9.81. The van der Waals surface area contributed by atoms with Gasteiger partial charge in [-0.1, -0.05) is 59.3 Å². The predicted octanol–water partition coefficient (Wildman–Crippen LogP) is 3.79. The Labute approximate surface area is 122 Å². The Kier molecular flexibility index (Phi) is 4.95. The summed E-state index contributed by atoms with van der Waals surface area (Å²) in [5.74, 6) is 0.922. The molecule has 112 valence electrons. The smallest absolute Gasteiger partial charge is 0.162 e. The van der Waals surface area contributed by atoms with Crippen molar-refractivity contribution < 1.29 is 4.79 Å². The van der Waals surface area contributed by atoms with Gasteiger partial charge < -0.3 is 0 Å². The summed E-state index contributed by atoms with van der Waals surface area (Å²) < 4.78 is 1.76. The van der Waals surface area contributed by atoms with Gasteiger partial charge in [-0.3, -0.25) is 4.79 Å². The van der Waals surface area contributed by atoms with E-state index in [9.17, 15) is 4.79 Å². The maximum Gasteiger partial charge on any atom is 0.162 e. The van der Waals surface area contributed by atoms with Gasteiger partial charge in [-0.25, -0.2) is 9.67 Å². The molecule has 1 aromatic heterocycles. The first kappa shape index (κ1) is 15.2. The second-order valence-electron chi connectivity index (χ2n) is 7.10. The normalized spacial score (nSPS) is 19.6. The summed E-state index contributed by atoms with van der Waals surface area (Å²) in [7, 11) is 0. The number of carbonyl (C=O) groups excluding carboxylic acids is 1. The van der Waals surface area contributed by atoms with Gasteiger partial charge in [0.15, 0.2) is 5.78 Å². The highest BCUT2D eigenvalue weighted by Crippen LogP contribution is 2.33. The van der Waals surface area contributed by atoms with E-state index in [2.05, 4.69) is 10.1 Å². The predicted molar refractivity (Wildman–Crippen MR) is 79.3 cm³/mol. The molecule has 1 fully saturated rings. The summed E-state index contributed by atoms with van der Waals surface area (Å²) >= 11 is 0. The van der Waals surface area contributed by atoms with E-state index < -0.39 is 0 Å². The van der Waals surface area contributed by atoms with Crippen molar-refractivity contribution in [2.24, 2.45) is 11.3 Å². The van der Waals surface area contributed by atoms with E-state index in [1.165, 1.54) is 44.9 Å². The lowest BCUT2D eigenvalue weighted by Gasteiger charge is -2.27. The van der Waals surface area contributed by atoms with Crippen LogP contribution in [0.25, 0.3) is 0 Å². The third kappa shape index (κ3) is 3.90. The third-order valence-corrected chi connectivity index (χ3v) is 4.33. The Morgan fingerprint density at radius 2 is 1.90 bits per heavy atom. The Morgan fingerprint density at radius 1 is 1.25 bits per heavy atom. The molecule has 1 aromatic rings. The molecule has 1 atom stereocenters. The number of ketones is 1. The van der Waals surface area contributed by atoms with Crippen LogP contribution in [-0.4, -0.2) is 20.5 Å². The number of nitrogens with zero attached hydrogens (tertiary/aromatic N) is 3. The van der Waals surface area contributed by atoms with Crippen LogP contribution in [0.2, 0.25) is 0 Å². The Bertz CT molecular complexity index is 411. The summed E-state index contributed by atoms with van der Waals surface area (Å²) in [6.45, 7) is 5.98. The van der Waals surface area contributed by atoms with Gasteiger partial charge in [0.05, 0.1) is 0 Å². The highest BCUT2D eigenvalue weighted by Gasteiger charge is 2.33. The van der Waals surface area contributed by atoms with E-state index in [4.69, 9.17) is 0 Å². The highest BCUT2D eigenvalue weighted by atomic mass is 16.1. The second kappa shape index (κ2) is 6.51. The van der Waals surface area contributed by atoms with Crippen LogP contribution in [0.4, 0.5) is 0 Å². The van der Waals surface area contributed by atoms with Gasteiger partial charge in [-0.15, -0.1) is 0 Å². The van der Waals surface area contributed by atoms with Gasteiger partial charge in [0.25, 0.3) is 0 Å². The van der Waals surface area contributed by atoms with Crippen LogP contribution in [0, 0.1) is 11.3 Å². The zero-order valence-electron chi connectivity index (χ0n) is 13.0. The minimum atomic E-state index is -0.332. The summed E-state index contributed by atoms with van der Waals surface area (Å²) in [5.41, 5.74) is -0.332. The number of Topliss-reactive ketones (excluding diaryl/α,β-unsaturated/α-hetero) is 1. The largest absolute Gasteiger partial charge is 0.297 e. The fourth-order valence-corrected chi connectivity index (χ4v) is 3.13. The van der Waals surface area contributed by atoms with Crippen molar-refractivity contribution in [1.82, 2.24) is 14.8 Å². The zero-order valence-corrected chi connectivity index (χ0v) is 13.0. The van der Waals surface area contributed by atoms with E-state index >= 15 is 0 Å². The maximum atomic E-state index is 12.7. The molecule has 0 aromatic carbocycles. The van der Waals surface area contributed by atoms with Gasteiger partial charge in [0.2, 0.25) is 0 Å². The molecular weight excluding hydrogens is 250 g/mol. The molecule has 0 radical (unpaired) electrons. The quantitative estimate of drug-likeness (QED) is 0.787. The summed E-state index contributed by atoms with van der Waals surface area (Å²) in [4.78, 5) is 16.8. The fourth-order valence-electron chi connectivity index (χ4n) is 3.13. The Balaban J connectivity index is 2.12. The molecular formula is C16H27N3O. The molecule has 0 bridgehead atoms. The molecule has 0 spiro atoms. The van der Waals surface area contributed by atoms with Crippen LogP contribution in [0.5, 0.6) is 0 Å². The summed E-state index contributed by atoms with van der Waals surface area (Å²) in [6.07, 6.45) is 11.9. The molecule has 1 saturated carbocycles. The molecule has 1 aliphatic carbocycles. The first-order valence-corrected chi connectivity index (χ1v) is 7.87. The number of aromatic nitrogens is 3. The van der Waals surface area contributed by atoms with Gasteiger partial charge in [-0.05, 0) is 12.3 Å². The highest BCUT2D eigenvalue weighted by molar-refractivity contribution is 5.87. The van der Waals surface area contributed by atoms with E-state index in [1.54, 1.807) is 11.0 Å². The minimum absolute atomic E-state index is 0.152. The van der Waals surface area contributed by atoms with Crippen molar-refractivity contribution in [1.29, 1.82) is 0 Å². The number of rotatable bonds is 4. The fraction of sp³-hybridized carbons (Fsp3) is 0.812. The van der Waals surface area contributed by atoms with Crippen LogP contribution < -0.4 is 0 Å². The van der Waals surface area contributed by atoms with Crippen LogP contribution in [0.15, 0.2) is 12.7 Å². The lowest BCUT2D eigenvalue weighted by Crippen LogP contribution is -2.32. The first-order valence-electron chi connectivity index (χ1n) is 7.87. The van der Waals surface area contributed by atoms with Crippen molar-refractivity contribution >= 4 is 5.78 Å². The summed E-state index contributed by atoms with van der Waals surface area (Å²) in [6, 6.07) is -0.152. The van der Waals surface area contributed by atoms with Gasteiger partial charge >= 0.3 is 0 Å². The maximum absolute atomic E-state index is 12.7. The van der Waals surface area contributed by atoms with E-state index in [0.717, 1.165) is 6.42 Å². The van der Waals surface area contributed by atoms with Crippen LogP contribution in [0.1, 0.15) is 71.8 Å². The minimum Gasteiger partial charge on any atom is -0.297 e. The van der Waals surface area contributed by atoms with E-state index in [0.29, 0.717) is 5.92 Å². The van der Waals surface area contributed by atoms with Crippen molar-refractivity contribution in [3.05, 3.63) is 12.7 Å². The molecule has 1 aliphatic rings. The third-order valence-electron chi connectivity index (χ3n) is 4.33. The number of carbonyl (C=O) groups is 1. The SMILES string of the molecule is CC(C)(C)C(=O)C(CC1CCCCCC1)n1cncn1. The number of hydrogen-bond acceptors (Lipinski definition) is 3. The molecule has 0 N–H and O–H groups in total. The monoisotopic (exact) mass is 277 g/mol. The standard InChI is InChI=1S/C16H27N3O/c1-16(2,3)15(20)14(19-12-17-11-18-19)10-13-8-6-4-5-7-9-13/h11-14H,4-10H2,1-3H3. The van der Waals surface area contributed by atoms with Crippen molar-refractivity contribution in [3.8, 4) is 0 Å². The lowest BCUT2D eigenvalue weighted by molar-refractivity contribution is -0.130. The molecule has 2 rings (SSSR count). The molecule has 0 amide bonds. The molecule has 1 unspecified atom stereocenters. The molecule has 0 saturated heterocycles. The van der Waals surface area contributed by atoms with Crippen molar-refractivity contribution in [2.75, 3.05) is 0 Å². The van der Waals surface area contributed by atoms with Crippen LogP contribution >= 0.6 is 0 Å². The molecule has 1 heterocycles. The van der Waals surface area contributed by atoms with Gasteiger partial charge in [-0.2, -0.15) is 5.10 Å². The number of hydrogen-bond donors (Lipinski definition) is 0. The topological polar surface area (TPSA) is 47.8 Å². The Morgan fingerprint density at radius 3 is 2.40 bits per heavy atom. The van der Waals surface area contributed by atoms with E-state index in [1.807, 2.05) is 20.8 Å².